The van der Waals surface area contributed by atoms with Gasteiger partial charge in [0, 0.05) is 12.6 Å². The summed E-state index contributed by atoms with van der Waals surface area (Å²) in [6, 6.07) is 7.88. The highest BCUT2D eigenvalue weighted by molar-refractivity contribution is 7.16. The lowest BCUT2D eigenvalue weighted by molar-refractivity contribution is 0.464. The van der Waals surface area contributed by atoms with Crippen molar-refractivity contribution in [2.24, 2.45) is 0 Å². The number of aromatic nitrogens is 2. The first-order valence-corrected chi connectivity index (χ1v) is 7.07. The topological polar surface area (TPSA) is 47.0 Å². The molecule has 3 aromatic rings. The summed E-state index contributed by atoms with van der Waals surface area (Å²) in [5, 5.41) is 5.80. The van der Waals surface area contributed by atoms with E-state index in [0.717, 1.165) is 16.8 Å². The third kappa shape index (κ3) is 2.55. The summed E-state index contributed by atoms with van der Waals surface area (Å²) >= 11 is 1.51. The molecule has 0 amide bonds. The van der Waals surface area contributed by atoms with Crippen molar-refractivity contribution in [1.82, 2.24) is 9.97 Å². The second kappa shape index (κ2) is 5.42. The van der Waals surface area contributed by atoms with Gasteiger partial charge in [-0.1, -0.05) is 6.07 Å². The number of anilines is 1. The zero-order valence-corrected chi connectivity index (χ0v) is 11.6. The number of benzene rings is 1. The highest BCUT2D eigenvalue weighted by Gasteiger charge is 2.11. The minimum Gasteiger partial charge on any atom is -0.438 e. The van der Waals surface area contributed by atoms with Gasteiger partial charge in [-0.2, -0.15) is 4.98 Å². The lowest BCUT2D eigenvalue weighted by Gasteiger charge is -2.08. The number of halogens is 1. The van der Waals surface area contributed by atoms with Crippen LogP contribution in [-0.2, 0) is 0 Å². The molecule has 0 aliphatic rings. The molecule has 4 nitrogen and oxygen atoms in total. The Hall–Kier alpha value is -2.21. The van der Waals surface area contributed by atoms with Crippen LogP contribution >= 0.6 is 11.3 Å². The van der Waals surface area contributed by atoms with Gasteiger partial charge in [0.05, 0.1) is 5.39 Å². The van der Waals surface area contributed by atoms with Crippen LogP contribution in [0.15, 0.2) is 35.7 Å². The Morgan fingerprint density at radius 2 is 2.20 bits per heavy atom. The summed E-state index contributed by atoms with van der Waals surface area (Å²) in [6.07, 6.45) is 0. The van der Waals surface area contributed by atoms with E-state index < -0.39 is 0 Å². The van der Waals surface area contributed by atoms with Gasteiger partial charge in [0.2, 0.25) is 11.8 Å². The van der Waals surface area contributed by atoms with Crippen LogP contribution in [-0.4, -0.2) is 16.5 Å². The maximum Gasteiger partial charge on any atom is 0.232 e. The minimum atomic E-state index is -0.343. The minimum absolute atomic E-state index is 0.343. The number of fused-ring (bicyclic) bond motifs is 1. The molecule has 6 heteroatoms. The Morgan fingerprint density at radius 1 is 1.30 bits per heavy atom. The standard InChI is InChI=1S/C14H12FN3OS/c1-2-16-14-17-12(11-6-7-20-13(11)18-14)19-10-5-3-4-9(15)8-10/h3-8H,2H2,1H3,(H,16,17,18). The van der Waals surface area contributed by atoms with Gasteiger partial charge in [0.15, 0.2) is 0 Å². The van der Waals surface area contributed by atoms with Crippen LogP contribution in [0.1, 0.15) is 6.92 Å². The quantitative estimate of drug-likeness (QED) is 0.787. The molecule has 2 heterocycles. The van der Waals surface area contributed by atoms with Crippen LogP contribution in [0, 0.1) is 5.82 Å². The molecule has 0 aliphatic heterocycles. The molecule has 0 saturated heterocycles. The number of hydrogen-bond donors (Lipinski definition) is 1. The molecule has 2 aromatic heterocycles. The zero-order chi connectivity index (χ0) is 13.9. The molecule has 0 aliphatic carbocycles. The number of ether oxygens (including phenoxy) is 1. The molecular weight excluding hydrogens is 277 g/mol. The maximum atomic E-state index is 13.2. The van der Waals surface area contributed by atoms with Crippen LogP contribution in [0.3, 0.4) is 0 Å². The van der Waals surface area contributed by atoms with E-state index >= 15 is 0 Å². The predicted molar refractivity (Wildman–Crippen MR) is 78.1 cm³/mol. The van der Waals surface area contributed by atoms with Crippen LogP contribution in [0.4, 0.5) is 10.3 Å². The van der Waals surface area contributed by atoms with Gasteiger partial charge >= 0.3 is 0 Å². The Kier molecular flexibility index (Phi) is 3.47. The van der Waals surface area contributed by atoms with Crippen LogP contribution in [0.25, 0.3) is 10.2 Å². The summed E-state index contributed by atoms with van der Waals surface area (Å²) in [7, 11) is 0. The summed E-state index contributed by atoms with van der Waals surface area (Å²) < 4.78 is 18.9. The first kappa shape index (κ1) is 12.8. The van der Waals surface area contributed by atoms with Crippen LogP contribution in [0.2, 0.25) is 0 Å². The van der Waals surface area contributed by atoms with Crippen molar-refractivity contribution in [2.75, 3.05) is 11.9 Å². The van der Waals surface area contributed by atoms with E-state index in [9.17, 15) is 4.39 Å². The number of hydrogen-bond acceptors (Lipinski definition) is 5. The normalized spacial score (nSPS) is 10.7. The van der Waals surface area contributed by atoms with E-state index in [2.05, 4.69) is 15.3 Å². The third-order valence-electron chi connectivity index (χ3n) is 2.64. The molecule has 0 bridgehead atoms. The smallest absolute Gasteiger partial charge is 0.232 e. The average Bonchev–Trinajstić information content (AvgIpc) is 2.87. The van der Waals surface area contributed by atoms with Gasteiger partial charge in [-0.3, -0.25) is 0 Å². The largest absolute Gasteiger partial charge is 0.438 e. The van der Waals surface area contributed by atoms with Gasteiger partial charge in [-0.25, -0.2) is 9.37 Å². The summed E-state index contributed by atoms with van der Waals surface area (Å²) in [5.41, 5.74) is 0. The lowest BCUT2D eigenvalue weighted by Crippen LogP contribution is -2.02. The fraction of sp³-hybridized carbons (Fsp3) is 0.143. The molecule has 0 radical (unpaired) electrons. The van der Waals surface area contributed by atoms with Crippen molar-refractivity contribution in [3.8, 4) is 11.6 Å². The van der Waals surface area contributed by atoms with Crippen LogP contribution in [0.5, 0.6) is 11.6 Å². The van der Waals surface area contributed by atoms with E-state index in [0.29, 0.717) is 17.6 Å². The highest BCUT2D eigenvalue weighted by Crippen LogP contribution is 2.31. The Labute approximate surface area is 119 Å². The average molecular weight is 289 g/mol. The second-order valence-corrected chi connectivity index (χ2v) is 4.98. The SMILES string of the molecule is CCNc1nc(Oc2cccc(F)c2)c2ccsc2n1. The van der Waals surface area contributed by atoms with E-state index in [-0.39, 0.29) is 5.82 Å². The molecular formula is C14H12FN3OS. The molecule has 0 atom stereocenters. The zero-order valence-electron chi connectivity index (χ0n) is 10.8. The highest BCUT2D eigenvalue weighted by atomic mass is 32.1. The first-order valence-electron chi connectivity index (χ1n) is 6.19. The molecule has 0 fully saturated rings. The molecule has 1 aromatic carbocycles. The first-order chi connectivity index (χ1) is 9.76. The fourth-order valence-corrected chi connectivity index (χ4v) is 2.54. The maximum absolute atomic E-state index is 13.2. The lowest BCUT2D eigenvalue weighted by atomic mass is 10.3. The van der Waals surface area contributed by atoms with Crippen molar-refractivity contribution in [3.05, 3.63) is 41.5 Å². The van der Waals surface area contributed by atoms with Gasteiger partial charge in [-0.05, 0) is 30.5 Å². The molecule has 102 valence electrons. The van der Waals surface area contributed by atoms with Crippen molar-refractivity contribution >= 4 is 27.5 Å². The molecule has 0 saturated carbocycles. The number of thiophene rings is 1. The predicted octanol–water partition coefficient (Wildman–Crippen LogP) is 4.05. The fourth-order valence-electron chi connectivity index (χ4n) is 1.79. The third-order valence-corrected chi connectivity index (χ3v) is 3.44. The molecule has 0 unspecified atom stereocenters. The summed E-state index contributed by atoms with van der Waals surface area (Å²) in [5.74, 6) is 1.01. The van der Waals surface area contributed by atoms with Crippen LogP contribution < -0.4 is 10.1 Å². The Bertz CT molecular complexity index is 744. The van der Waals surface area contributed by atoms with Crippen molar-refractivity contribution < 1.29 is 9.13 Å². The van der Waals surface area contributed by atoms with Gasteiger partial charge in [-0.15, -0.1) is 11.3 Å². The van der Waals surface area contributed by atoms with Crippen molar-refractivity contribution in [1.29, 1.82) is 0 Å². The van der Waals surface area contributed by atoms with E-state index in [1.54, 1.807) is 12.1 Å². The van der Waals surface area contributed by atoms with E-state index in [4.69, 9.17) is 4.74 Å². The number of nitrogens with one attached hydrogen (secondary N) is 1. The van der Waals surface area contributed by atoms with Gasteiger partial charge in [0.1, 0.15) is 16.4 Å². The van der Waals surface area contributed by atoms with Gasteiger partial charge < -0.3 is 10.1 Å². The molecule has 1 N–H and O–H groups in total. The Morgan fingerprint density at radius 3 is 3.00 bits per heavy atom. The number of nitrogens with zero attached hydrogens (tertiary/aromatic N) is 2. The summed E-state index contributed by atoms with van der Waals surface area (Å²) in [6.45, 7) is 2.69. The van der Waals surface area contributed by atoms with E-state index in [1.807, 2.05) is 18.4 Å². The summed E-state index contributed by atoms with van der Waals surface area (Å²) in [4.78, 5) is 9.55. The van der Waals surface area contributed by atoms with Gasteiger partial charge in [0.25, 0.3) is 0 Å². The Balaban J connectivity index is 2.02. The molecule has 20 heavy (non-hydrogen) atoms. The van der Waals surface area contributed by atoms with Crippen molar-refractivity contribution in [3.63, 3.8) is 0 Å². The second-order valence-electron chi connectivity index (χ2n) is 4.08. The molecule has 3 rings (SSSR count). The molecule has 0 spiro atoms. The van der Waals surface area contributed by atoms with E-state index in [1.165, 1.54) is 23.5 Å². The number of rotatable bonds is 4. The monoisotopic (exact) mass is 289 g/mol. The van der Waals surface area contributed by atoms with Crippen molar-refractivity contribution in [2.45, 2.75) is 6.92 Å².